The van der Waals surface area contributed by atoms with Gasteiger partial charge in [-0.3, -0.25) is 9.69 Å². The zero-order valence-corrected chi connectivity index (χ0v) is 24.0. The number of fused-ring (bicyclic) bond motifs is 1. The topological polar surface area (TPSA) is 65.2 Å². The lowest BCUT2D eigenvalue weighted by Crippen LogP contribution is -2.58. The first-order valence-corrected chi connectivity index (χ1v) is 13.7. The van der Waals surface area contributed by atoms with Gasteiger partial charge in [0.05, 0.1) is 17.2 Å². The van der Waals surface area contributed by atoms with E-state index in [-0.39, 0.29) is 29.2 Å². The van der Waals surface area contributed by atoms with Gasteiger partial charge in [-0.1, -0.05) is 59.7 Å². The summed E-state index contributed by atoms with van der Waals surface area (Å²) in [5, 5.41) is 10.1. The second-order valence-corrected chi connectivity index (χ2v) is 11.3. The molecule has 0 unspecified atom stereocenters. The van der Waals surface area contributed by atoms with Gasteiger partial charge in [-0.2, -0.15) is 5.26 Å². The van der Waals surface area contributed by atoms with E-state index in [4.69, 9.17) is 4.98 Å². The number of benzene rings is 2. The molecule has 0 saturated carbocycles. The average Bonchev–Trinajstić information content (AvgIpc) is 2.90. The molecule has 4 aromatic rings. The van der Waals surface area contributed by atoms with Gasteiger partial charge in [-0.25, -0.2) is 4.98 Å². The summed E-state index contributed by atoms with van der Waals surface area (Å²) in [6.45, 7) is 10.1. The van der Waals surface area contributed by atoms with E-state index in [2.05, 4.69) is 108 Å². The molecule has 1 saturated heterocycles. The number of hydrogen-bond donors (Lipinski definition) is 0. The van der Waals surface area contributed by atoms with Gasteiger partial charge in [0.15, 0.2) is 0 Å². The van der Waals surface area contributed by atoms with Crippen molar-refractivity contribution in [1.82, 2.24) is 14.5 Å². The van der Waals surface area contributed by atoms with Crippen molar-refractivity contribution >= 4 is 32.7 Å². The Hall–Kier alpha value is -3.47. The van der Waals surface area contributed by atoms with Crippen LogP contribution < -0.4 is 10.5 Å². The highest BCUT2D eigenvalue weighted by molar-refractivity contribution is 9.10. The molecular weight excluding hydrogens is 538 g/mol. The number of rotatable bonds is 4. The molecule has 3 heterocycles. The maximum absolute atomic E-state index is 13.2. The number of nitrogens with zero attached hydrogens (tertiary/aromatic N) is 5. The minimum atomic E-state index is -0.293. The third-order valence-corrected chi connectivity index (χ3v) is 8.17. The highest BCUT2D eigenvalue weighted by Crippen LogP contribution is 2.37. The number of pyridine rings is 2. The quantitative estimate of drug-likeness (QED) is 0.287. The van der Waals surface area contributed by atoms with Gasteiger partial charge in [-0.15, -0.1) is 0 Å². The Morgan fingerprint density at radius 3 is 2.05 bits per heavy atom. The van der Waals surface area contributed by atoms with Crippen LogP contribution in [0.25, 0.3) is 11.0 Å². The third-order valence-electron chi connectivity index (χ3n) is 7.73. The van der Waals surface area contributed by atoms with E-state index in [1.54, 1.807) is 7.05 Å². The molecule has 0 N–H and O–H groups in total. The second kappa shape index (κ2) is 10.4. The minimum Gasteiger partial charge on any atom is -0.363 e. The molecule has 0 spiro atoms. The van der Waals surface area contributed by atoms with E-state index in [1.807, 2.05) is 12.1 Å². The summed E-state index contributed by atoms with van der Waals surface area (Å²) in [5.74, 6) is 0. The maximum Gasteiger partial charge on any atom is 0.270 e. The molecule has 0 aliphatic carbocycles. The summed E-state index contributed by atoms with van der Waals surface area (Å²) in [5.41, 5.74) is 6.86. The number of hydrogen-bond acceptors (Lipinski definition) is 5. The Morgan fingerprint density at radius 2 is 1.50 bits per heavy atom. The zero-order chi connectivity index (χ0) is 27.1. The van der Waals surface area contributed by atoms with Crippen LogP contribution in [0.5, 0.6) is 0 Å². The SMILES string of the molecule is Cc1ccc(C(c2ccc(C)cc2)N2C[C@@H](C)N(c3c(C#N)c(=O)n(C)c4ccc(Br)nc34)C[C@@H]2C)cc1. The monoisotopic (exact) mass is 569 g/mol. The van der Waals surface area contributed by atoms with Gasteiger partial charge >= 0.3 is 0 Å². The van der Waals surface area contributed by atoms with Crippen LogP contribution in [0.15, 0.2) is 70.1 Å². The molecule has 194 valence electrons. The molecule has 1 aliphatic rings. The van der Waals surface area contributed by atoms with Crippen molar-refractivity contribution in [3.63, 3.8) is 0 Å². The smallest absolute Gasteiger partial charge is 0.270 e. The van der Waals surface area contributed by atoms with Crippen molar-refractivity contribution in [2.45, 2.75) is 45.8 Å². The fourth-order valence-electron chi connectivity index (χ4n) is 5.65. The number of halogens is 1. The van der Waals surface area contributed by atoms with Gasteiger partial charge in [-0.05, 0) is 66.9 Å². The number of aromatic nitrogens is 2. The first kappa shape index (κ1) is 26.1. The normalized spacial score (nSPS) is 18.2. The molecule has 1 aliphatic heterocycles. The highest BCUT2D eigenvalue weighted by Gasteiger charge is 2.37. The van der Waals surface area contributed by atoms with Crippen molar-refractivity contribution < 1.29 is 0 Å². The van der Waals surface area contributed by atoms with Crippen molar-refractivity contribution in [3.8, 4) is 6.07 Å². The molecule has 38 heavy (non-hydrogen) atoms. The summed E-state index contributed by atoms with van der Waals surface area (Å²) < 4.78 is 2.19. The lowest BCUT2D eigenvalue weighted by atomic mass is 9.92. The summed E-state index contributed by atoms with van der Waals surface area (Å²) in [4.78, 5) is 22.7. The van der Waals surface area contributed by atoms with Gasteiger partial charge in [0, 0.05) is 32.2 Å². The van der Waals surface area contributed by atoms with E-state index in [9.17, 15) is 10.1 Å². The first-order valence-electron chi connectivity index (χ1n) is 12.9. The van der Waals surface area contributed by atoms with E-state index < -0.39 is 0 Å². The van der Waals surface area contributed by atoms with E-state index in [1.165, 1.54) is 26.8 Å². The Kier molecular flexibility index (Phi) is 7.13. The molecule has 0 radical (unpaired) electrons. The largest absolute Gasteiger partial charge is 0.363 e. The average molecular weight is 571 g/mol. The molecule has 1 fully saturated rings. The Morgan fingerprint density at radius 1 is 0.921 bits per heavy atom. The number of nitriles is 1. The van der Waals surface area contributed by atoms with Gasteiger partial charge < -0.3 is 9.47 Å². The Labute approximate surface area is 232 Å². The van der Waals surface area contributed by atoms with Crippen LogP contribution in [0.4, 0.5) is 5.69 Å². The Bertz CT molecular complexity index is 1540. The van der Waals surface area contributed by atoms with Crippen LogP contribution in [0.2, 0.25) is 0 Å². The van der Waals surface area contributed by atoms with Crippen molar-refractivity contribution in [2.24, 2.45) is 7.05 Å². The predicted octanol–water partition coefficient (Wildman–Crippen LogP) is 5.87. The number of anilines is 1. The molecule has 0 bridgehead atoms. The molecule has 5 rings (SSSR count). The van der Waals surface area contributed by atoms with Crippen molar-refractivity contribution in [1.29, 1.82) is 5.26 Å². The maximum atomic E-state index is 13.2. The van der Waals surface area contributed by atoms with Crippen LogP contribution in [0, 0.1) is 25.2 Å². The predicted molar refractivity (Wildman–Crippen MR) is 157 cm³/mol. The first-order chi connectivity index (χ1) is 18.2. The van der Waals surface area contributed by atoms with Crippen LogP contribution >= 0.6 is 15.9 Å². The fraction of sp³-hybridized carbons (Fsp3) is 0.323. The van der Waals surface area contributed by atoms with Gasteiger partial charge in [0.25, 0.3) is 5.56 Å². The van der Waals surface area contributed by atoms with Crippen LogP contribution in [0.3, 0.4) is 0 Å². The number of piperazine rings is 1. The lowest BCUT2D eigenvalue weighted by Gasteiger charge is -2.48. The van der Waals surface area contributed by atoms with E-state index in [0.29, 0.717) is 27.9 Å². The van der Waals surface area contributed by atoms with E-state index >= 15 is 0 Å². The zero-order valence-electron chi connectivity index (χ0n) is 22.4. The van der Waals surface area contributed by atoms with Crippen LogP contribution in [-0.4, -0.2) is 39.6 Å². The Balaban J connectivity index is 1.59. The highest BCUT2D eigenvalue weighted by atomic mass is 79.9. The van der Waals surface area contributed by atoms with Crippen LogP contribution in [0.1, 0.15) is 47.7 Å². The van der Waals surface area contributed by atoms with Gasteiger partial charge in [0.1, 0.15) is 21.8 Å². The standard InChI is InChI=1S/C31H32BrN5O/c1-19-6-10-23(11-7-19)29(24-12-8-20(2)9-13-24)36-17-22(4)37(18-21(36)3)30-25(16-33)31(38)35(5)26-14-15-27(32)34-28(26)30/h6-15,21-22,29H,17-18H2,1-5H3/t21-,22+/m0/s1. The van der Waals surface area contributed by atoms with Crippen molar-refractivity contribution in [3.05, 3.63) is 103 Å². The van der Waals surface area contributed by atoms with Crippen LogP contribution in [-0.2, 0) is 7.05 Å². The summed E-state index contributed by atoms with van der Waals surface area (Å²) >= 11 is 3.49. The lowest BCUT2D eigenvalue weighted by molar-refractivity contribution is 0.130. The molecule has 2 aromatic carbocycles. The molecule has 0 amide bonds. The van der Waals surface area contributed by atoms with E-state index in [0.717, 1.165) is 6.54 Å². The molecule has 7 heteroatoms. The molecule has 2 atom stereocenters. The summed E-state index contributed by atoms with van der Waals surface area (Å²) in [6, 6.07) is 23.8. The summed E-state index contributed by atoms with van der Waals surface area (Å²) in [6.07, 6.45) is 0. The summed E-state index contributed by atoms with van der Waals surface area (Å²) in [7, 11) is 1.70. The number of aryl methyl sites for hydroxylation is 3. The molecule has 2 aromatic heterocycles. The third kappa shape index (κ3) is 4.63. The fourth-order valence-corrected chi connectivity index (χ4v) is 5.96. The second-order valence-electron chi connectivity index (χ2n) is 10.5. The minimum absolute atomic E-state index is 0.0489. The molecule has 6 nitrogen and oxygen atoms in total. The molecular formula is C31H32BrN5O. The van der Waals surface area contributed by atoms with Gasteiger partial charge in [0.2, 0.25) is 0 Å². The van der Waals surface area contributed by atoms with Crippen molar-refractivity contribution in [2.75, 3.05) is 18.0 Å².